The van der Waals surface area contributed by atoms with Crippen molar-refractivity contribution in [1.82, 2.24) is 0 Å². The second-order valence-corrected chi connectivity index (χ2v) is 3.62. The van der Waals surface area contributed by atoms with Crippen LogP contribution in [0.1, 0.15) is 11.1 Å². The summed E-state index contributed by atoms with van der Waals surface area (Å²) in [5.74, 6) is -2.78. The lowest BCUT2D eigenvalue weighted by Crippen LogP contribution is -1.96. The highest BCUT2D eigenvalue weighted by atomic mass is 19.2. The zero-order valence-electron chi connectivity index (χ0n) is 8.37. The van der Waals surface area contributed by atoms with Crippen molar-refractivity contribution in [3.63, 3.8) is 0 Å². The van der Waals surface area contributed by atoms with Gasteiger partial charge in [-0.1, -0.05) is 17.7 Å². The minimum absolute atomic E-state index is 0.00407. The van der Waals surface area contributed by atoms with Crippen LogP contribution in [0.3, 0.4) is 0 Å². The zero-order chi connectivity index (χ0) is 11.2. The maximum atomic E-state index is 13.6. The van der Waals surface area contributed by atoms with E-state index in [2.05, 4.69) is 0 Å². The van der Waals surface area contributed by atoms with Crippen LogP contribution < -0.4 is 0 Å². The molecule has 0 amide bonds. The van der Waals surface area contributed by atoms with Gasteiger partial charge in [0.05, 0.1) is 0 Å². The van der Waals surface area contributed by atoms with Gasteiger partial charge in [0.15, 0.2) is 11.6 Å². The minimum atomic E-state index is -1.11. The summed E-state index contributed by atoms with van der Waals surface area (Å²) in [4.78, 5) is 0. The fraction of sp³-hybridized carbons (Fsp3) is 0.167. The summed E-state index contributed by atoms with van der Waals surface area (Å²) in [6.45, 7) is 2.97. The van der Waals surface area contributed by atoms with E-state index in [1.54, 1.807) is 13.0 Å². The van der Waals surface area contributed by atoms with Crippen LogP contribution in [0.5, 0.6) is 0 Å². The van der Waals surface area contributed by atoms with E-state index >= 15 is 0 Å². The Morgan fingerprint density at radius 1 is 0.800 bits per heavy atom. The Hall–Kier alpha value is -1.51. The van der Waals surface area contributed by atoms with Crippen LogP contribution >= 0.6 is 0 Å². The van der Waals surface area contributed by atoms with Crippen LogP contribution in [-0.4, -0.2) is 0 Å². The van der Waals surface area contributed by atoms with Gasteiger partial charge in [0.1, 0.15) is 5.82 Å². The van der Waals surface area contributed by atoms with Crippen LogP contribution in [0.2, 0.25) is 0 Å². The van der Waals surface area contributed by atoms with Gasteiger partial charge >= 0.3 is 0 Å². The number of halogens is 3. The van der Waals surface area contributed by atoms with Gasteiger partial charge in [0.25, 0.3) is 0 Å². The van der Waals surface area contributed by atoms with Gasteiger partial charge in [-0.25, -0.2) is 13.2 Å². The maximum absolute atomic E-state index is 13.6. The first-order valence-electron chi connectivity index (χ1n) is 4.55. The third kappa shape index (κ3) is 1.39. The zero-order valence-corrected chi connectivity index (χ0v) is 8.37. The summed E-state index contributed by atoms with van der Waals surface area (Å²) in [6.07, 6.45) is 0. The minimum Gasteiger partial charge on any atom is -0.206 e. The molecule has 2 aromatic carbocycles. The van der Waals surface area contributed by atoms with Crippen LogP contribution in [0.15, 0.2) is 18.2 Å². The number of rotatable bonds is 0. The Bertz CT molecular complexity index is 544. The first-order valence-corrected chi connectivity index (χ1v) is 4.55. The average Bonchev–Trinajstić information content (AvgIpc) is 2.23. The molecule has 2 rings (SSSR count). The standard InChI is InChI=1S/C12H9F3/c1-6-3-4-8-9(5-6)12(15)11(14)7(2)10(8)13/h3-5H,1-2H3. The predicted molar refractivity (Wildman–Crippen MR) is 53.3 cm³/mol. The Morgan fingerprint density at radius 2 is 1.47 bits per heavy atom. The highest BCUT2D eigenvalue weighted by Crippen LogP contribution is 2.27. The Balaban J connectivity index is 3.00. The second kappa shape index (κ2) is 3.26. The molecule has 0 atom stereocenters. The van der Waals surface area contributed by atoms with E-state index in [-0.39, 0.29) is 16.3 Å². The molecule has 78 valence electrons. The van der Waals surface area contributed by atoms with E-state index in [0.717, 1.165) is 5.56 Å². The van der Waals surface area contributed by atoms with Crippen molar-refractivity contribution in [2.75, 3.05) is 0 Å². The fourth-order valence-corrected chi connectivity index (χ4v) is 1.61. The van der Waals surface area contributed by atoms with Crippen molar-refractivity contribution in [1.29, 1.82) is 0 Å². The molecular weight excluding hydrogens is 201 g/mol. The molecule has 0 bridgehead atoms. The van der Waals surface area contributed by atoms with Crippen LogP contribution in [0.25, 0.3) is 10.8 Å². The maximum Gasteiger partial charge on any atom is 0.167 e. The van der Waals surface area contributed by atoms with Crippen LogP contribution in [0, 0.1) is 31.3 Å². The van der Waals surface area contributed by atoms with Crippen molar-refractivity contribution < 1.29 is 13.2 Å². The van der Waals surface area contributed by atoms with Crippen LogP contribution in [-0.2, 0) is 0 Å². The number of fused-ring (bicyclic) bond motifs is 1. The summed E-state index contributed by atoms with van der Waals surface area (Å²) < 4.78 is 40.3. The second-order valence-electron chi connectivity index (χ2n) is 3.62. The van der Waals surface area contributed by atoms with Gasteiger partial charge in [-0.3, -0.25) is 0 Å². The summed E-state index contributed by atoms with van der Waals surface area (Å²) in [5.41, 5.74) is 0.493. The number of benzene rings is 2. The first kappa shape index (κ1) is 10.0. The molecule has 0 saturated heterocycles. The molecule has 0 fully saturated rings. The van der Waals surface area contributed by atoms with Crippen molar-refractivity contribution in [3.8, 4) is 0 Å². The molecular formula is C12H9F3. The lowest BCUT2D eigenvalue weighted by atomic mass is 10.0. The van der Waals surface area contributed by atoms with E-state index in [1.807, 2.05) is 0 Å². The third-order valence-electron chi connectivity index (χ3n) is 2.50. The topological polar surface area (TPSA) is 0 Å². The van der Waals surface area contributed by atoms with E-state index < -0.39 is 17.5 Å². The largest absolute Gasteiger partial charge is 0.206 e. The summed E-state index contributed by atoms with van der Waals surface area (Å²) in [6, 6.07) is 4.58. The average molecular weight is 210 g/mol. The number of hydrogen-bond donors (Lipinski definition) is 0. The van der Waals surface area contributed by atoms with E-state index in [9.17, 15) is 13.2 Å². The molecule has 2 aromatic rings. The molecule has 0 aliphatic carbocycles. The first-order chi connectivity index (χ1) is 7.02. The van der Waals surface area contributed by atoms with Crippen molar-refractivity contribution in [2.24, 2.45) is 0 Å². The molecule has 0 aliphatic rings. The quantitative estimate of drug-likeness (QED) is 0.579. The molecule has 0 aliphatic heterocycles. The molecule has 0 nitrogen and oxygen atoms in total. The van der Waals surface area contributed by atoms with Gasteiger partial charge < -0.3 is 0 Å². The van der Waals surface area contributed by atoms with Crippen molar-refractivity contribution in [3.05, 3.63) is 46.8 Å². The molecule has 0 heterocycles. The highest BCUT2D eigenvalue weighted by molar-refractivity contribution is 5.85. The predicted octanol–water partition coefficient (Wildman–Crippen LogP) is 3.87. The normalized spacial score (nSPS) is 11.0. The van der Waals surface area contributed by atoms with Crippen molar-refractivity contribution >= 4 is 10.8 Å². The summed E-state index contributed by atoms with van der Waals surface area (Å²) in [7, 11) is 0. The Kier molecular flexibility index (Phi) is 2.18. The van der Waals surface area contributed by atoms with Gasteiger partial charge in [0.2, 0.25) is 0 Å². The Morgan fingerprint density at radius 3 is 2.13 bits per heavy atom. The third-order valence-corrected chi connectivity index (χ3v) is 2.50. The molecule has 0 spiro atoms. The lowest BCUT2D eigenvalue weighted by Gasteiger charge is -2.07. The number of hydrogen-bond acceptors (Lipinski definition) is 0. The summed E-state index contributed by atoms with van der Waals surface area (Å²) >= 11 is 0. The fourth-order valence-electron chi connectivity index (χ4n) is 1.61. The molecule has 0 radical (unpaired) electrons. The Labute approximate surface area is 85.3 Å². The van der Waals surface area contributed by atoms with E-state index in [1.165, 1.54) is 19.1 Å². The molecule has 0 N–H and O–H groups in total. The molecule has 0 unspecified atom stereocenters. The molecule has 0 aromatic heterocycles. The van der Waals surface area contributed by atoms with Crippen LogP contribution in [0.4, 0.5) is 13.2 Å². The molecule has 15 heavy (non-hydrogen) atoms. The SMILES string of the molecule is Cc1ccc2c(F)c(C)c(F)c(F)c2c1. The molecule has 3 heteroatoms. The van der Waals surface area contributed by atoms with Gasteiger partial charge in [-0.05, 0) is 19.9 Å². The van der Waals surface area contributed by atoms with Gasteiger partial charge in [-0.15, -0.1) is 0 Å². The monoisotopic (exact) mass is 210 g/mol. The van der Waals surface area contributed by atoms with Gasteiger partial charge in [-0.2, -0.15) is 0 Å². The highest BCUT2D eigenvalue weighted by Gasteiger charge is 2.16. The smallest absolute Gasteiger partial charge is 0.167 e. The van der Waals surface area contributed by atoms with E-state index in [4.69, 9.17) is 0 Å². The summed E-state index contributed by atoms with van der Waals surface area (Å²) in [5, 5.41) is 0.118. The molecule has 0 saturated carbocycles. The van der Waals surface area contributed by atoms with E-state index in [0.29, 0.717) is 0 Å². The van der Waals surface area contributed by atoms with Gasteiger partial charge in [0, 0.05) is 16.3 Å². The lowest BCUT2D eigenvalue weighted by molar-refractivity contribution is 0.497. The number of aryl methyl sites for hydroxylation is 1. The van der Waals surface area contributed by atoms with Crippen molar-refractivity contribution in [2.45, 2.75) is 13.8 Å².